The summed E-state index contributed by atoms with van der Waals surface area (Å²) in [7, 11) is 0. The molecule has 0 amide bonds. The van der Waals surface area contributed by atoms with E-state index in [0.717, 1.165) is 0 Å². The second-order valence-corrected chi connectivity index (χ2v) is 0. The van der Waals surface area contributed by atoms with Crippen molar-refractivity contribution in [3.8, 4) is 0 Å². The van der Waals surface area contributed by atoms with Crippen LogP contribution in [-0.4, -0.2) is 0 Å². The number of hydrogen-bond acceptors (Lipinski definition) is 0. The Morgan fingerprint density at radius 1 is 0.500 bits per heavy atom. The minimum Gasteiger partial charge on any atom is -2.00 e. The Hall–Kier alpha value is 1.05. The molecule has 0 saturated carbocycles. The molecule has 0 aromatic carbocycles. The minimum atomic E-state index is 0. The molecule has 0 saturated heterocycles. The van der Waals surface area contributed by atoms with Crippen LogP contribution in [0.5, 0.6) is 0 Å². The van der Waals surface area contributed by atoms with Crippen molar-refractivity contribution in [3.63, 3.8) is 0 Å². The Bertz CT molecular complexity index is 7.51. The molecule has 0 aromatic rings. The molecular weight excluding hydrogens is 215 g/mol. The van der Waals surface area contributed by atoms with E-state index in [1.54, 1.807) is 0 Å². The maximum atomic E-state index is 0. The molecule has 0 aliphatic carbocycles. The third-order valence-corrected chi connectivity index (χ3v) is 0. The molecule has 0 heterocycles. The Morgan fingerprint density at radius 2 is 0.500 bits per heavy atom. The Balaban J connectivity index is 0. The minimum absolute atomic E-state index is 0. The first-order chi connectivity index (χ1) is 0. The standard InChI is InChI=1S/Mn.Mo.4O/q+2;;4*-2. The molecule has 0 atom stereocenters. The van der Waals surface area contributed by atoms with Crippen molar-refractivity contribution in [2.45, 2.75) is 0 Å². The van der Waals surface area contributed by atoms with Gasteiger partial charge in [0.2, 0.25) is 0 Å². The van der Waals surface area contributed by atoms with E-state index in [0.29, 0.717) is 0 Å². The van der Waals surface area contributed by atoms with Crippen LogP contribution >= 0.6 is 0 Å². The van der Waals surface area contributed by atoms with Crippen molar-refractivity contribution in [1.29, 1.82) is 0 Å². The summed E-state index contributed by atoms with van der Waals surface area (Å²) in [6, 6.07) is 0. The molecule has 4 nitrogen and oxygen atoms in total. The molecule has 0 spiro atoms. The van der Waals surface area contributed by atoms with Crippen LogP contribution in [0, 0.1) is 0 Å². The van der Waals surface area contributed by atoms with Gasteiger partial charge in [-0.25, -0.2) is 0 Å². The average molecular weight is 215 g/mol. The molecule has 0 bridgehead atoms. The summed E-state index contributed by atoms with van der Waals surface area (Å²) in [5.74, 6) is 0. The summed E-state index contributed by atoms with van der Waals surface area (Å²) in [5, 5.41) is 0. The van der Waals surface area contributed by atoms with E-state index in [1.165, 1.54) is 0 Å². The van der Waals surface area contributed by atoms with Gasteiger partial charge in [-0.2, -0.15) is 0 Å². The smallest absolute Gasteiger partial charge is 2.00 e. The number of rotatable bonds is 0. The first-order valence-electron chi connectivity index (χ1n) is 0. The van der Waals surface area contributed by atoms with Crippen LogP contribution in [0.25, 0.3) is 0 Å². The van der Waals surface area contributed by atoms with Crippen LogP contribution in [0.2, 0.25) is 0 Å². The van der Waals surface area contributed by atoms with Gasteiger partial charge in [-0.3, -0.25) is 0 Å². The monoisotopic (exact) mass is 217 g/mol. The summed E-state index contributed by atoms with van der Waals surface area (Å²) in [6.45, 7) is 0. The zero-order chi connectivity index (χ0) is 0. The predicted molar refractivity (Wildman–Crippen MR) is 2.75 cm³/mol. The van der Waals surface area contributed by atoms with Crippen LogP contribution in [0.3, 0.4) is 0 Å². The van der Waals surface area contributed by atoms with Gasteiger partial charge >= 0.3 is 17.1 Å². The second kappa shape index (κ2) is 140. The normalized spacial score (nSPS) is 0. The molecule has 6 heavy (non-hydrogen) atoms. The first kappa shape index (κ1) is 235. The molecule has 0 aliphatic heterocycles. The Labute approximate surface area is 60.3 Å². The summed E-state index contributed by atoms with van der Waals surface area (Å²) in [6.07, 6.45) is 0. The molecule has 0 rings (SSSR count). The quantitative estimate of drug-likeness (QED) is 0.485. The maximum Gasteiger partial charge on any atom is 2.00 e. The van der Waals surface area contributed by atoms with E-state index >= 15 is 0 Å². The summed E-state index contributed by atoms with van der Waals surface area (Å²) >= 11 is 0. The summed E-state index contributed by atoms with van der Waals surface area (Å²) in [5.41, 5.74) is 0. The third kappa shape index (κ3) is 75.3. The molecule has 0 aromatic heterocycles. The van der Waals surface area contributed by atoms with Gasteiger partial charge in [-0.1, -0.05) is 0 Å². The van der Waals surface area contributed by atoms with Crippen molar-refractivity contribution < 1.29 is 60.0 Å². The SMILES string of the molecule is [Mn+2].[Mo].[O-2].[O-2].[O-2].[O-2]. The predicted octanol–water partition coefficient (Wildman–Crippen LogP) is -0.480. The molecule has 43 valence electrons. The van der Waals surface area contributed by atoms with E-state index in [2.05, 4.69) is 0 Å². The Kier molecular flexibility index (Phi) is 5490. The summed E-state index contributed by atoms with van der Waals surface area (Å²) < 4.78 is 0. The second-order valence-electron chi connectivity index (χ2n) is 0. The van der Waals surface area contributed by atoms with E-state index in [1.807, 2.05) is 0 Å². The van der Waals surface area contributed by atoms with Gasteiger partial charge in [0.15, 0.2) is 0 Å². The largest absolute Gasteiger partial charge is 2.00 e. The van der Waals surface area contributed by atoms with Crippen molar-refractivity contribution in [2.75, 3.05) is 0 Å². The molecular formula is MnMoO4-6. The molecule has 0 fully saturated rings. The van der Waals surface area contributed by atoms with Gasteiger partial charge in [-0.15, -0.1) is 0 Å². The van der Waals surface area contributed by atoms with Crippen molar-refractivity contribution >= 4 is 0 Å². The van der Waals surface area contributed by atoms with Gasteiger partial charge in [0, 0.05) is 21.1 Å². The topological polar surface area (TPSA) is 114 Å². The fourth-order valence-corrected chi connectivity index (χ4v) is 0. The Morgan fingerprint density at radius 3 is 0.500 bits per heavy atom. The van der Waals surface area contributed by atoms with Crippen LogP contribution < -0.4 is 0 Å². The summed E-state index contributed by atoms with van der Waals surface area (Å²) in [4.78, 5) is 0. The number of hydrogen-bond donors (Lipinski definition) is 0. The van der Waals surface area contributed by atoms with E-state index in [-0.39, 0.29) is 60.0 Å². The zero-order valence-electron chi connectivity index (χ0n) is 2.42. The molecule has 1 radical (unpaired) electrons. The zero-order valence-corrected chi connectivity index (χ0v) is 5.61. The van der Waals surface area contributed by atoms with Crippen molar-refractivity contribution in [2.24, 2.45) is 0 Å². The maximum absolute atomic E-state index is 0. The van der Waals surface area contributed by atoms with E-state index < -0.39 is 0 Å². The average Bonchev–Trinajstić information content (AvgIpc) is 0. The van der Waals surface area contributed by atoms with Crippen LogP contribution in [0.15, 0.2) is 0 Å². The van der Waals surface area contributed by atoms with Crippen LogP contribution in [0.1, 0.15) is 0 Å². The molecule has 0 N–H and O–H groups in total. The fraction of sp³-hybridized carbons (Fsp3) is 0. The van der Waals surface area contributed by atoms with Gasteiger partial charge in [0.25, 0.3) is 0 Å². The van der Waals surface area contributed by atoms with Gasteiger partial charge < -0.3 is 21.9 Å². The molecule has 0 unspecified atom stereocenters. The van der Waals surface area contributed by atoms with E-state index in [9.17, 15) is 0 Å². The van der Waals surface area contributed by atoms with Gasteiger partial charge in [0.05, 0.1) is 0 Å². The van der Waals surface area contributed by atoms with E-state index in [4.69, 9.17) is 0 Å². The van der Waals surface area contributed by atoms with Gasteiger partial charge in [-0.05, 0) is 0 Å². The molecule has 0 aliphatic rings. The van der Waals surface area contributed by atoms with Gasteiger partial charge in [0.1, 0.15) is 0 Å². The fourth-order valence-electron chi connectivity index (χ4n) is 0. The van der Waals surface area contributed by atoms with Crippen molar-refractivity contribution in [1.82, 2.24) is 0 Å². The van der Waals surface area contributed by atoms with Crippen LogP contribution in [-0.2, 0) is 60.0 Å². The molecule has 6 heteroatoms. The van der Waals surface area contributed by atoms with Crippen molar-refractivity contribution in [3.05, 3.63) is 0 Å². The first-order valence-corrected chi connectivity index (χ1v) is 0. The third-order valence-electron chi connectivity index (χ3n) is 0. The van der Waals surface area contributed by atoms with Crippen LogP contribution in [0.4, 0.5) is 0 Å².